The Bertz CT molecular complexity index is 1370. The molecule has 1 amide bonds. The van der Waals surface area contributed by atoms with Gasteiger partial charge in [-0.1, -0.05) is 11.6 Å². The summed E-state index contributed by atoms with van der Waals surface area (Å²) in [5, 5.41) is 7.71. The second-order valence-corrected chi connectivity index (χ2v) is 9.58. The Balaban J connectivity index is 1.45. The maximum atomic E-state index is 12.7. The molecule has 8 nitrogen and oxygen atoms in total. The van der Waals surface area contributed by atoms with Crippen LogP contribution in [0, 0.1) is 13.8 Å². The summed E-state index contributed by atoms with van der Waals surface area (Å²) in [6, 6.07) is 15.2. The summed E-state index contributed by atoms with van der Waals surface area (Å²) in [4.78, 5) is 30.4. The molecule has 0 aliphatic heterocycles. The highest BCUT2D eigenvalue weighted by molar-refractivity contribution is 8.00. The van der Waals surface area contributed by atoms with Gasteiger partial charge >= 0.3 is 0 Å². The van der Waals surface area contributed by atoms with Crippen molar-refractivity contribution in [3.05, 3.63) is 76.7 Å². The van der Waals surface area contributed by atoms with Crippen LogP contribution in [0.2, 0.25) is 5.02 Å². The fourth-order valence-electron chi connectivity index (χ4n) is 3.63. The fourth-order valence-corrected chi connectivity index (χ4v) is 4.46. The number of hydrogen-bond donors (Lipinski definition) is 3. The van der Waals surface area contributed by atoms with Crippen LogP contribution in [-0.4, -0.2) is 46.2 Å². The van der Waals surface area contributed by atoms with Crippen LogP contribution < -0.4 is 15.4 Å². The van der Waals surface area contributed by atoms with E-state index in [2.05, 4.69) is 30.6 Å². The Labute approximate surface area is 218 Å². The Morgan fingerprint density at radius 3 is 2.58 bits per heavy atom. The number of aliphatic imine (C=N–C) groups is 1. The lowest BCUT2D eigenvalue weighted by Gasteiger charge is -2.11. The predicted octanol–water partition coefficient (Wildman–Crippen LogP) is 5.16. The van der Waals surface area contributed by atoms with Crippen LogP contribution in [0.5, 0.6) is 5.75 Å². The minimum absolute atomic E-state index is 0.190. The Morgan fingerprint density at radius 1 is 1.11 bits per heavy atom. The number of nitrogens with one attached hydrogen (secondary N) is 3. The molecule has 0 aliphatic carbocycles. The maximum Gasteiger partial charge on any atom is 0.237 e. The van der Waals surface area contributed by atoms with E-state index in [4.69, 9.17) is 16.3 Å². The van der Waals surface area contributed by atoms with Crippen LogP contribution in [0.3, 0.4) is 0 Å². The number of carbonyl (C=O) groups is 1. The summed E-state index contributed by atoms with van der Waals surface area (Å²) in [5.41, 5.74) is 3.78. The van der Waals surface area contributed by atoms with E-state index in [1.165, 1.54) is 11.8 Å². The fraction of sp³-hybridized carbons (Fsp3) is 0.231. The minimum atomic E-state index is -0.190. The van der Waals surface area contributed by atoms with E-state index >= 15 is 0 Å². The number of thioether (sulfide) groups is 1. The summed E-state index contributed by atoms with van der Waals surface area (Å²) in [6.07, 6.45) is 2.65. The van der Waals surface area contributed by atoms with Crippen molar-refractivity contribution in [1.82, 2.24) is 20.3 Å². The molecule has 0 radical (unpaired) electrons. The molecular weight excluding hydrogens is 496 g/mol. The first-order valence-corrected chi connectivity index (χ1v) is 12.7. The molecule has 0 fully saturated rings. The van der Waals surface area contributed by atoms with Crippen molar-refractivity contribution < 1.29 is 9.53 Å². The molecule has 2 aromatic carbocycles. The van der Waals surface area contributed by atoms with Crippen molar-refractivity contribution in [3.8, 4) is 5.75 Å². The molecule has 0 bridgehead atoms. The Kier molecular flexibility index (Phi) is 8.45. The highest BCUT2D eigenvalue weighted by Gasteiger charge is 2.11. The average Bonchev–Trinajstić information content (AvgIpc) is 3.25. The molecule has 0 saturated carbocycles. The molecule has 36 heavy (non-hydrogen) atoms. The van der Waals surface area contributed by atoms with Gasteiger partial charge in [-0.2, -0.15) is 0 Å². The first-order valence-electron chi connectivity index (χ1n) is 11.4. The lowest BCUT2D eigenvalue weighted by Crippen LogP contribution is -2.38. The zero-order valence-corrected chi connectivity index (χ0v) is 21.8. The molecule has 10 heteroatoms. The standard InChI is InChI=1S/C26H27ClN6O2S/c1-16-12-17(2)31-26(30-16)33-25(32-24(34)15-36-21-7-4-19(27)5-8-21)28-11-10-18-14-29-23-13-20(35-3)6-9-22(18)23/h4-9,12-14,29H,10-11,15H2,1-3H3,(H2,28,30,31,32,33,34). The van der Waals surface area contributed by atoms with Crippen molar-refractivity contribution >= 4 is 52.1 Å². The van der Waals surface area contributed by atoms with Gasteiger partial charge in [0, 0.05) is 51.0 Å². The zero-order valence-electron chi connectivity index (χ0n) is 20.3. The van der Waals surface area contributed by atoms with Gasteiger partial charge in [-0.3, -0.25) is 20.4 Å². The van der Waals surface area contributed by atoms with Gasteiger partial charge in [0.25, 0.3) is 0 Å². The topological polar surface area (TPSA) is 104 Å². The number of guanidine groups is 1. The first kappa shape index (κ1) is 25.5. The van der Waals surface area contributed by atoms with Gasteiger partial charge in [0.15, 0.2) is 0 Å². The second kappa shape index (κ2) is 11.9. The SMILES string of the molecule is COc1ccc2c(CCN=C(NC(=O)CSc3ccc(Cl)cc3)Nc3nc(C)cc(C)n3)c[nH]c2c1. The number of hydrogen-bond acceptors (Lipinski definition) is 6. The third kappa shape index (κ3) is 6.99. The third-order valence-electron chi connectivity index (χ3n) is 5.28. The Morgan fingerprint density at radius 2 is 1.86 bits per heavy atom. The number of anilines is 1. The predicted molar refractivity (Wildman–Crippen MR) is 146 cm³/mol. The van der Waals surface area contributed by atoms with E-state index in [0.717, 1.165) is 38.5 Å². The molecule has 0 unspecified atom stereocenters. The number of fused-ring (bicyclic) bond motifs is 1. The number of carbonyl (C=O) groups excluding carboxylic acids is 1. The number of rotatable bonds is 8. The van der Waals surface area contributed by atoms with Crippen LogP contribution in [-0.2, 0) is 11.2 Å². The van der Waals surface area contributed by atoms with E-state index in [0.29, 0.717) is 29.9 Å². The van der Waals surface area contributed by atoms with Crippen molar-refractivity contribution in [3.63, 3.8) is 0 Å². The van der Waals surface area contributed by atoms with Gasteiger partial charge in [-0.15, -0.1) is 11.8 Å². The number of aromatic amines is 1. The highest BCUT2D eigenvalue weighted by atomic mass is 35.5. The second-order valence-electron chi connectivity index (χ2n) is 8.10. The number of methoxy groups -OCH3 is 1. The van der Waals surface area contributed by atoms with Gasteiger partial charge in [0.05, 0.1) is 12.9 Å². The summed E-state index contributed by atoms with van der Waals surface area (Å²) >= 11 is 7.36. The third-order valence-corrected chi connectivity index (χ3v) is 6.54. The van der Waals surface area contributed by atoms with Gasteiger partial charge in [-0.05, 0) is 68.3 Å². The van der Waals surface area contributed by atoms with Crippen molar-refractivity contribution in [2.45, 2.75) is 25.2 Å². The molecule has 0 aliphatic rings. The van der Waals surface area contributed by atoms with Gasteiger partial charge < -0.3 is 9.72 Å². The molecule has 0 saturated heterocycles. The number of amides is 1. The maximum absolute atomic E-state index is 12.7. The summed E-state index contributed by atoms with van der Waals surface area (Å²) in [7, 11) is 1.65. The molecule has 2 aromatic heterocycles. The molecule has 0 spiro atoms. The van der Waals surface area contributed by atoms with E-state index in [1.807, 2.05) is 56.4 Å². The number of aromatic nitrogens is 3. The minimum Gasteiger partial charge on any atom is -0.497 e. The average molecular weight is 523 g/mol. The molecule has 0 atom stereocenters. The summed E-state index contributed by atoms with van der Waals surface area (Å²) in [6.45, 7) is 4.24. The lowest BCUT2D eigenvalue weighted by atomic mass is 10.1. The van der Waals surface area contributed by atoms with Gasteiger partial charge in [0.1, 0.15) is 5.75 Å². The number of H-pyrrole nitrogens is 1. The van der Waals surface area contributed by atoms with Crippen molar-refractivity contribution in [2.24, 2.45) is 4.99 Å². The van der Waals surface area contributed by atoms with E-state index in [9.17, 15) is 4.79 Å². The molecule has 2 heterocycles. The van der Waals surface area contributed by atoms with Gasteiger partial charge in [-0.25, -0.2) is 9.97 Å². The summed E-state index contributed by atoms with van der Waals surface area (Å²) < 4.78 is 5.30. The number of halogens is 1. The molecular formula is C26H27ClN6O2S. The zero-order chi connectivity index (χ0) is 25.5. The number of benzene rings is 2. The number of ether oxygens (including phenoxy) is 1. The van der Waals surface area contributed by atoms with Crippen molar-refractivity contribution in [2.75, 3.05) is 24.7 Å². The van der Waals surface area contributed by atoms with Crippen LogP contribution in [0.15, 0.2) is 64.6 Å². The molecule has 3 N–H and O–H groups in total. The first-order chi connectivity index (χ1) is 17.4. The van der Waals surface area contributed by atoms with Crippen molar-refractivity contribution in [1.29, 1.82) is 0 Å². The van der Waals surface area contributed by atoms with E-state index in [-0.39, 0.29) is 11.7 Å². The largest absolute Gasteiger partial charge is 0.497 e. The molecule has 186 valence electrons. The molecule has 4 rings (SSSR count). The van der Waals surface area contributed by atoms with Crippen LogP contribution in [0.4, 0.5) is 5.95 Å². The van der Waals surface area contributed by atoms with Crippen LogP contribution in [0.25, 0.3) is 10.9 Å². The lowest BCUT2D eigenvalue weighted by molar-refractivity contribution is -0.117. The monoisotopic (exact) mass is 522 g/mol. The van der Waals surface area contributed by atoms with Gasteiger partial charge in [0.2, 0.25) is 17.8 Å². The number of aryl methyl sites for hydroxylation is 2. The van der Waals surface area contributed by atoms with E-state index < -0.39 is 0 Å². The van der Waals surface area contributed by atoms with E-state index in [1.54, 1.807) is 19.2 Å². The van der Waals surface area contributed by atoms with Crippen LogP contribution >= 0.6 is 23.4 Å². The smallest absolute Gasteiger partial charge is 0.237 e. The molecule has 4 aromatic rings. The number of nitrogens with zero attached hydrogens (tertiary/aromatic N) is 3. The normalized spacial score (nSPS) is 11.5. The van der Waals surface area contributed by atoms with Crippen LogP contribution in [0.1, 0.15) is 17.0 Å². The highest BCUT2D eigenvalue weighted by Crippen LogP contribution is 2.23. The summed E-state index contributed by atoms with van der Waals surface area (Å²) in [5.74, 6) is 1.53. The Hall–Kier alpha value is -3.56. The quantitative estimate of drug-likeness (QED) is 0.168.